The fraction of sp³-hybridized carbons (Fsp3) is 0.600. The van der Waals surface area contributed by atoms with Gasteiger partial charge < -0.3 is 4.74 Å². The Hall–Kier alpha value is -1.32. The maximum atomic E-state index is 8.63. The summed E-state index contributed by atoms with van der Waals surface area (Å²) < 4.78 is 5.59. The lowest BCUT2D eigenvalue weighted by Crippen LogP contribution is -2.23. The van der Waals surface area contributed by atoms with Gasteiger partial charge in [0.25, 0.3) is 0 Å². The number of nitriles is 2. The predicted molar refractivity (Wildman–Crippen MR) is 45.2 cm³/mol. The molecule has 0 amide bonds. The number of hydrogen-bond donors (Lipinski definition) is 0. The van der Waals surface area contributed by atoms with E-state index in [1.807, 2.05) is 12.2 Å². The first-order valence-corrected chi connectivity index (χ1v) is 4.44. The van der Waals surface area contributed by atoms with Crippen molar-refractivity contribution in [3.8, 4) is 12.1 Å². The van der Waals surface area contributed by atoms with E-state index < -0.39 is 0 Å². The van der Waals surface area contributed by atoms with E-state index in [1.54, 1.807) is 0 Å². The van der Waals surface area contributed by atoms with Crippen LogP contribution >= 0.6 is 0 Å². The minimum absolute atomic E-state index is 0.0861. The third kappa shape index (κ3) is 1.22. The van der Waals surface area contributed by atoms with Gasteiger partial charge in [0.1, 0.15) is 0 Å². The molecule has 0 aromatic carbocycles. The Morgan fingerprint density at radius 3 is 1.85 bits per heavy atom. The minimum atomic E-state index is 0.0861. The first kappa shape index (κ1) is 8.29. The summed E-state index contributed by atoms with van der Waals surface area (Å²) >= 11 is 0. The topological polar surface area (TPSA) is 56.8 Å². The van der Waals surface area contributed by atoms with Crippen LogP contribution in [0.4, 0.5) is 0 Å². The summed E-state index contributed by atoms with van der Waals surface area (Å²) in [7, 11) is 0. The van der Waals surface area contributed by atoms with Crippen LogP contribution in [0.5, 0.6) is 0 Å². The molecule has 3 nitrogen and oxygen atoms in total. The highest BCUT2D eigenvalue weighted by atomic mass is 16.5. The van der Waals surface area contributed by atoms with Crippen LogP contribution < -0.4 is 0 Å². The van der Waals surface area contributed by atoms with Crippen molar-refractivity contribution in [3.63, 3.8) is 0 Å². The molecular formula is C10H10N2O. The van der Waals surface area contributed by atoms with E-state index in [0.717, 1.165) is 0 Å². The van der Waals surface area contributed by atoms with Crippen molar-refractivity contribution in [2.75, 3.05) is 0 Å². The molecule has 1 fully saturated rings. The molecule has 2 aliphatic rings. The van der Waals surface area contributed by atoms with Crippen LogP contribution in [-0.4, -0.2) is 12.2 Å². The molecule has 0 N–H and O–H groups in total. The fourth-order valence-corrected chi connectivity index (χ4v) is 2.21. The Balaban J connectivity index is 2.13. The molecule has 1 saturated heterocycles. The van der Waals surface area contributed by atoms with Gasteiger partial charge in [-0.1, -0.05) is 12.2 Å². The van der Waals surface area contributed by atoms with E-state index in [0.29, 0.717) is 12.8 Å². The van der Waals surface area contributed by atoms with Crippen molar-refractivity contribution in [2.45, 2.75) is 25.0 Å². The lowest BCUT2D eigenvalue weighted by molar-refractivity contribution is 0.103. The molecule has 0 saturated carbocycles. The molecule has 66 valence electrons. The molecule has 0 radical (unpaired) electrons. The second-order valence-electron chi connectivity index (χ2n) is 3.50. The second-order valence-corrected chi connectivity index (χ2v) is 3.50. The zero-order valence-electron chi connectivity index (χ0n) is 7.18. The quantitative estimate of drug-likeness (QED) is 0.594. The molecule has 0 spiro atoms. The number of nitrogens with zero attached hydrogens (tertiary/aromatic N) is 2. The molecular weight excluding hydrogens is 164 g/mol. The average Bonchev–Trinajstić information content (AvgIpc) is 2.69. The zero-order valence-corrected chi connectivity index (χ0v) is 7.18. The molecule has 2 bridgehead atoms. The lowest BCUT2D eigenvalue weighted by atomic mass is 9.80. The molecule has 0 unspecified atom stereocenters. The van der Waals surface area contributed by atoms with Gasteiger partial charge in [-0.2, -0.15) is 10.5 Å². The lowest BCUT2D eigenvalue weighted by Gasteiger charge is -2.19. The third-order valence-electron chi connectivity index (χ3n) is 2.85. The molecule has 3 heteroatoms. The maximum absolute atomic E-state index is 8.63. The Morgan fingerprint density at radius 2 is 1.46 bits per heavy atom. The van der Waals surface area contributed by atoms with Gasteiger partial charge in [0.15, 0.2) is 0 Å². The highest BCUT2D eigenvalue weighted by molar-refractivity contribution is 5.16. The molecule has 0 aliphatic carbocycles. The van der Waals surface area contributed by atoms with Gasteiger partial charge in [0, 0.05) is 24.7 Å². The molecule has 13 heavy (non-hydrogen) atoms. The van der Waals surface area contributed by atoms with E-state index >= 15 is 0 Å². The SMILES string of the molecule is N#CC[C@H]1[C@H](CC#N)[C@H]2C=C[C@@H]1O2. The first-order valence-electron chi connectivity index (χ1n) is 4.44. The van der Waals surface area contributed by atoms with Gasteiger partial charge >= 0.3 is 0 Å². The summed E-state index contributed by atoms with van der Waals surface area (Å²) in [6.45, 7) is 0. The molecule has 0 aromatic heterocycles. The highest BCUT2D eigenvalue weighted by Gasteiger charge is 2.45. The van der Waals surface area contributed by atoms with E-state index in [-0.39, 0.29) is 24.0 Å². The third-order valence-corrected chi connectivity index (χ3v) is 2.85. The summed E-state index contributed by atoms with van der Waals surface area (Å²) in [5.41, 5.74) is 0. The standard InChI is InChI=1S/C10H10N2O/c11-5-3-7-8(4-6-12)10-2-1-9(7)13-10/h1-2,7-10H,3-4H2/t7-,8-,9-,10+/m0/s1. The Labute approximate surface area is 77.2 Å². The number of ether oxygens (including phenoxy) is 1. The van der Waals surface area contributed by atoms with Crippen LogP contribution in [0.15, 0.2) is 12.2 Å². The second kappa shape index (κ2) is 3.20. The van der Waals surface area contributed by atoms with E-state index in [4.69, 9.17) is 15.3 Å². The largest absolute Gasteiger partial charge is 0.366 e. The highest BCUT2D eigenvalue weighted by Crippen LogP contribution is 2.42. The van der Waals surface area contributed by atoms with E-state index in [2.05, 4.69) is 12.1 Å². The van der Waals surface area contributed by atoms with Gasteiger partial charge in [-0.3, -0.25) is 0 Å². The summed E-state index contributed by atoms with van der Waals surface area (Å²) in [5, 5.41) is 17.3. The smallest absolute Gasteiger partial charge is 0.0807 e. The molecule has 2 heterocycles. The van der Waals surface area contributed by atoms with Crippen LogP contribution in [0.25, 0.3) is 0 Å². The van der Waals surface area contributed by atoms with Gasteiger partial charge in [-0.25, -0.2) is 0 Å². The normalized spacial score (nSPS) is 40.2. The van der Waals surface area contributed by atoms with Crippen molar-refractivity contribution in [1.82, 2.24) is 0 Å². The van der Waals surface area contributed by atoms with Crippen molar-refractivity contribution in [2.24, 2.45) is 11.8 Å². The van der Waals surface area contributed by atoms with Crippen LogP contribution in [-0.2, 0) is 4.74 Å². The summed E-state index contributed by atoms with van der Waals surface area (Å²) in [6, 6.07) is 4.32. The van der Waals surface area contributed by atoms with Crippen LogP contribution in [0.3, 0.4) is 0 Å². The average molecular weight is 174 g/mol. The molecule has 0 aromatic rings. The monoisotopic (exact) mass is 174 g/mol. The van der Waals surface area contributed by atoms with Crippen molar-refractivity contribution in [1.29, 1.82) is 10.5 Å². The van der Waals surface area contributed by atoms with Gasteiger partial charge in [-0.05, 0) is 0 Å². The van der Waals surface area contributed by atoms with Gasteiger partial charge in [0.05, 0.1) is 24.3 Å². The number of hydrogen-bond acceptors (Lipinski definition) is 3. The fourth-order valence-electron chi connectivity index (χ4n) is 2.21. The van der Waals surface area contributed by atoms with Crippen molar-refractivity contribution in [3.05, 3.63) is 12.2 Å². The van der Waals surface area contributed by atoms with Crippen LogP contribution in [0, 0.1) is 34.5 Å². The van der Waals surface area contributed by atoms with E-state index in [9.17, 15) is 0 Å². The number of rotatable bonds is 2. The Morgan fingerprint density at radius 1 is 1.00 bits per heavy atom. The summed E-state index contributed by atoms with van der Waals surface area (Å²) in [4.78, 5) is 0. The van der Waals surface area contributed by atoms with E-state index in [1.165, 1.54) is 0 Å². The molecule has 2 rings (SSSR count). The van der Waals surface area contributed by atoms with Gasteiger partial charge in [-0.15, -0.1) is 0 Å². The minimum Gasteiger partial charge on any atom is -0.366 e. The zero-order chi connectivity index (χ0) is 9.26. The van der Waals surface area contributed by atoms with Crippen LogP contribution in [0.1, 0.15) is 12.8 Å². The van der Waals surface area contributed by atoms with Crippen LogP contribution in [0.2, 0.25) is 0 Å². The Kier molecular flexibility index (Phi) is 2.04. The number of fused-ring (bicyclic) bond motifs is 2. The molecule has 2 aliphatic heterocycles. The molecule has 4 atom stereocenters. The van der Waals surface area contributed by atoms with Gasteiger partial charge in [0.2, 0.25) is 0 Å². The summed E-state index contributed by atoms with van der Waals surface area (Å²) in [6.07, 6.45) is 5.20. The summed E-state index contributed by atoms with van der Waals surface area (Å²) in [5.74, 6) is 0.472. The first-order chi connectivity index (χ1) is 6.36. The van der Waals surface area contributed by atoms with Crippen molar-refractivity contribution < 1.29 is 4.74 Å². The van der Waals surface area contributed by atoms with Crippen molar-refractivity contribution >= 4 is 0 Å². The Bertz CT molecular complexity index is 280. The predicted octanol–water partition coefficient (Wildman–Crippen LogP) is 1.38. The maximum Gasteiger partial charge on any atom is 0.0807 e.